The van der Waals surface area contributed by atoms with Crippen LogP contribution in [-0.2, 0) is 19.5 Å². The molecule has 92 valence electrons. The molecule has 0 aliphatic heterocycles. The fraction of sp³-hybridized carbons (Fsp3) is 0.462. The molecule has 0 aliphatic carbocycles. The van der Waals surface area contributed by atoms with Gasteiger partial charge in [-0.3, -0.25) is 0 Å². The van der Waals surface area contributed by atoms with Gasteiger partial charge in [0.15, 0.2) is 0 Å². The van der Waals surface area contributed by atoms with Gasteiger partial charge in [-0.1, -0.05) is 13.8 Å². The minimum atomic E-state index is 0.856. The number of rotatable bonds is 6. The van der Waals surface area contributed by atoms with Crippen molar-refractivity contribution >= 4 is 11.3 Å². The molecule has 0 saturated carbocycles. The smallest absolute Gasteiger partial charge is 0.0953 e. The maximum absolute atomic E-state index is 4.39. The van der Waals surface area contributed by atoms with Crippen LogP contribution in [0, 0.1) is 0 Å². The van der Waals surface area contributed by atoms with Gasteiger partial charge in [0.2, 0.25) is 0 Å². The Kier molecular flexibility index (Phi) is 4.34. The third-order valence-corrected chi connectivity index (χ3v) is 3.74. The van der Waals surface area contributed by atoms with Crippen LogP contribution < -0.4 is 5.32 Å². The summed E-state index contributed by atoms with van der Waals surface area (Å²) in [6.45, 7) is 7.10. The molecule has 0 fully saturated rings. The van der Waals surface area contributed by atoms with Crippen molar-refractivity contribution < 1.29 is 0 Å². The van der Waals surface area contributed by atoms with E-state index in [0.717, 1.165) is 31.7 Å². The van der Waals surface area contributed by atoms with E-state index in [1.807, 2.05) is 17.7 Å². The monoisotopic (exact) mass is 249 g/mol. The molecule has 2 aromatic rings. The molecule has 0 spiro atoms. The molecule has 2 aromatic heterocycles. The molecular weight excluding hydrogens is 230 g/mol. The number of nitrogens with one attached hydrogen (secondary N) is 1. The first-order chi connectivity index (χ1) is 8.33. The standard InChI is InChI=1S/C13H19N3S/c1-3-11-5-6-17-13(11)9-16-8-12(15-10-16)7-14-4-2/h5-6,8,10,14H,3-4,7,9H2,1-2H3. The van der Waals surface area contributed by atoms with E-state index in [1.165, 1.54) is 10.4 Å². The summed E-state index contributed by atoms with van der Waals surface area (Å²) in [5.74, 6) is 0. The molecule has 0 radical (unpaired) electrons. The van der Waals surface area contributed by atoms with Crippen molar-refractivity contribution in [2.45, 2.75) is 33.4 Å². The van der Waals surface area contributed by atoms with E-state index in [4.69, 9.17) is 0 Å². The van der Waals surface area contributed by atoms with Crippen LogP contribution >= 0.6 is 11.3 Å². The molecule has 0 saturated heterocycles. The summed E-state index contributed by atoms with van der Waals surface area (Å²) in [6.07, 6.45) is 5.16. The number of aryl methyl sites for hydroxylation is 1. The summed E-state index contributed by atoms with van der Waals surface area (Å²) >= 11 is 1.83. The Bertz CT molecular complexity index is 459. The van der Waals surface area contributed by atoms with E-state index in [9.17, 15) is 0 Å². The number of hydrogen-bond acceptors (Lipinski definition) is 3. The normalized spacial score (nSPS) is 10.9. The van der Waals surface area contributed by atoms with E-state index in [-0.39, 0.29) is 0 Å². The van der Waals surface area contributed by atoms with Crippen molar-refractivity contribution in [3.05, 3.63) is 40.1 Å². The van der Waals surface area contributed by atoms with Crippen LogP contribution in [0.3, 0.4) is 0 Å². The summed E-state index contributed by atoms with van der Waals surface area (Å²) in [4.78, 5) is 5.84. The lowest BCUT2D eigenvalue weighted by Gasteiger charge is -2.02. The average Bonchev–Trinajstić information content (AvgIpc) is 2.96. The average molecular weight is 249 g/mol. The Labute approximate surface area is 107 Å². The maximum Gasteiger partial charge on any atom is 0.0953 e. The van der Waals surface area contributed by atoms with Crippen molar-refractivity contribution in [1.29, 1.82) is 0 Å². The molecule has 0 aliphatic rings. The van der Waals surface area contributed by atoms with Gasteiger partial charge in [-0.2, -0.15) is 0 Å². The molecule has 0 unspecified atom stereocenters. The second-order valence-electron chi connectivity index (χ2n) is 4.04. The van der Waals surface area contributed by atoms with Crippen LogP contribution in [0.15, 0.2) is 24.0 Å². The van der Waals surface area contributed by atoms with Gasteiger partial charge in [0.05, 0.1) is 18.6 Å². The predicted molar refractivity (Wildman–Crippen MR) is 72.4 cm³/mol. The van der Waals surface area contributed by atoms with E-state index >= 15 is 0 Å². The zero-order valence-corrected chi connectivity index (χ0v) is 11.3. The van der Waals surface area contributed by atoms with Crippen molar-refractivity contribution in [1.82, 2.24) is 14.9 Å². The van der Waals surface area contributed by atoms with Crippen LogP contribution in [0.25, 0.3) is 0 Å². The van der Waals surface area contributed by atoms with E-state index in [0.29, 0.717) is 0 Å². The predicted octanol–water partition coefficient (Wildman–Crippen LogP) is 2.66. The molecule has 2 rings (SSSR count). The van der Waals surface area contributed by atoms with Gasteiger partial charge in [0, 0.05) is 17.6 Å². The SMILES string of the molecule is CCNCc1cn(Cc2sccc2CC)cn1. The summed E-state index contributed by atoms with van der Waals surface area (Å²) in [7, 11) is 0. The maximum atomic E-state index is 4.39. The molecular formula is C13H19N3S. The number of aromatic nitrogens is 2. The molecule has 1 N–H and O–H groups in total. The van der Waals surface area contributed by atoms with Gasteiger partial charge in [-0.05, 0) is 30.0 Å². The highest BCUT2D eigenvalue weighted by molar-refractivity contribution is 7.10. The van der Waals surface area contributed by atoms with Gasteiger partial charge in [0.1, 0.15) is 0 Å². The first kappa shape index (κ1) is 12.3. The van der Waals surface area contributed by atoms with Crippen LogP contribution in [-0.4, -0.2) is 16.1 Å². The third kappa shape index (κ3) is 3.17. The van der Waals surface area contributed by atoms with Gasteiger partial charge in [-0.25, -0.2) is 4.98 Å². The topological polar surface area (TPSA) is 29.9 Å². The van der Waals surface area contributed by atoms with Crippen molar-refractivity contribution in [3.8, 4) is 0 Å². The van der Waals surface area contributed by atoms with Gasteiger partial charge in [-0.15, -0.1) is 11.3 Å². The molecule has 4 heteroatoms. The van der Waals surface area contributed by atoms with Crippen molar-refractivity contribution in [3.63, 3.8) is 0 Å². The van der Waals surface area contributed by atoms with Crippen molar-refractivity contribution in [2.75, 3.05) is 6.54 Å². The Morgan fingerprint density at radius 3 is 3.06 bits per heavy atom. The van der Waals surface area contributed by atoms with Crippen LogP contribution in [0.4, 0.5) is 0 Å². The second-order valence-corrected chi connectivity index (χ2v) is 5.04. The van der Waals surface area contributed by atoms with E-state index in [1.54, 1.807) is 0 Å². The van der Waals surface area contributed by atoms with Crippen LogP contribution in [0.5, 0.6) is 0 Å². The zero-order valence-electron chi connectivity index (χ0n) is 10.4. The molecule has 0 atom stereocenters. The molecule has 3 nitrogen and oxygen atoms in total. The fourth-order valence-corrected chi connectivity index (χ4v) is 2.81. The minimum absolute atomic E-state index is 0.856. The number of imidazole rings is 1. The highest BCUT2D eigenvalue weighted by atomic mass is 32.1. The third-order valence-electron chi connectivity index (χ3n) is 2.79. The lowest BCUT2D eigenvalue weighted by molar-refractivity contribution is 0.712. The van der Waals surface area contributed by atoms with Crippen LogP contribution in [0.1, 0.15) is 30.0 Å². The van der Waals surface area contributed by atoms with Gasteiger partial charge in [0.25, 0.3) is 0 Å². The number of hydrogen-bond donors (Lipinski definition) is 1. The number of nitrogens with zero attached hydrogens (tertiary/aromatic N) is 2. The quantitative estimate of drug-likeness (QED) is 0.853. The zero-order chi connectivity index (χ0) is 12.1. The largest absolute Gasteiger partial charge is 0.332 e. The number of thiophene rings is 1. The molecule has 0 amide bonds. The Morgan fingerprint density at radius 2 is 2.29 bits per heavy atom. The Morgan fingerprint density at radius 1 is 1.41 bits per heavy atom. The lowest BCUT2D eigenvalue weighted by atomic mass is 10.2. The summed E-state index contributed by atoms with van der Waals surface area (Å²) in [5, 5.41) is 5.46. The van der Waals surface area contributed by atoms with E-state index in [2.05, 4.69) is 46.4 Å². The lowest BCUT2D eigenvalue weighted by Crippen LogP contribution is -2.11. The molecule has 2 heterocycles. The highest BCUT2D eigenvalue weighted by Gasteiger charge is 2.04. The molecule has 0 bridgehead atoms. The second kappa shape index (κ2) is 5.98. The fourth-order valence-electron chi connectivity index (χ4n) is 1.82. The van der Waals surface area contributed by atoms with Gasteiger partial charge < -0.3 is 9.88 Å². The van der Waals surface area contributed by atoms with Crippen molar-refractivity contribution in [2.24, 2.45) is 0 Å². The minimum Gasteiger partial charge on any atom is -0.332 e. The van der Waals surface area contributed by atoms with E-state index < -0.39 is 0 Å². The Balaban J connectivity index is 2.01. The molecule has 0 aromatic carbocycles. The first-order valence-corrected chi connectivity index (χ1v) is 6.98. The highest BCUT2D eigenvalue weighted by Crippen LogP contribution is 2.18. The summed E-state index contributed by atoms with van der Waals surface area (Å²) in [6, 6.07) is 2.22. The summed E-state index contributed by atoms with van der Waals surface area (Å²) < 4.78 is 2.16. The Hall–Kier alpha value is -1.13. The summed E-state index contributed by atoms with van der Waals surface area (Å²) in [5.41, 5.74) is 2.57. The van der Waals surface area contributed by atoms with Crippen LogP contribution in [0.2, 0.25) is 0 Å². The first-order valence-electron chi connectivity index (χ1n) is 6.10. The van der Waals surface area contributed by atoms with Gasteiger partial charge >= 0.3 is 0 Å². The molecule has 17 heavy (non-hydrogen) atoms.